The molecule has 1 fully saturated rings. The maximum Gasteiger partial charge on any atom is 0.323 e. The Hall–Kier alpha value is -3.31. The molecule has 2 aromatic rings. The second-order valence-electron chi connectivity index (χ2n) is 9.76. The van der Waals surface area contributed by atoms with E-state index in [1.54, 1.807) is 6.07 Å². The number of esters is 1. The van der Waals surface area contributed by atoms with Crippen molar-refractivity contribution in [2.24, 2.45) is 0 Å². The van der Waals surface area contributed by atoms with Crippen molar-refractivity contribution in [2.75, 3.05) is 30.8 Å². The van der Waals surface area contributed by atoms with Crippen LogP contribution in [0.5, 0.6) is 0 Å². The lowest BCUT2D eigenvalue weighted by atomic mass is 9.91. The fourth-order valence-corrected chi connectivity index (χ4v) is 4.22. The van der Waals surface area contributed by atoms with E-state index in [0.29, 0.717) is 5.69 Å². The third kappa shape index (κ3) is 5.83. The van der Waals surface area contributed by atoms with E-state index in [9.17, 15) is 23.6 Å². The highest BCUT2D eigenvalue weighted by Crippen LogP contribution is 2.34. The first-order chi connectivity index (χ1) is 17.2. The molecule has 200 valence electrons. The van der Waals surface area contributed by atoms with Gasteiger partial charge in [0.05, 0.1) is 35.0 Å². The molecule has 1 unspecified atom stereocenters. The van der Waals surface area contributed by atoms with E-state index in [4.69, 9.17) is 27.9 Å². The number of carbonyl (C=O) groups excluding carboxylic acids is 4. The standard InChI is InChI=1S/C24H28Cl2FN5O5/c1-23(2,3)15-10-14(30-22(36)29-13-7-6-12(27)17(25)18(13)26)19(31-15)20(34)32-9-8-28-21(35)24(32,4)11-16(33)37-5/h6-7,10,31H,8-9,11H2,1-5H3,(H,28,35)(H2,29,30,36). The van der Waals surface area contributed by atoms with Crippen molar-refractivity contribution in [3.05, 3.63) is 45.4 Å². The van der Waals surface area contributed by atoms with Crippen LogP contribution in [0.3, 0.4) is 0 Å². The van der Waals surface area contributed by atoms with E-state index >= 15 is 0 Å². The summed E-state index contributed by atoms with van der Waals surface area (Å²) in [5.41, 5.74) is -1.13. The van der Waals surface area contributed by atoms with Crippen LogP contribution in [-0.4, -0.2) is 59.4 Å². The van der Waals surface area contributed by atoms with Crippen LogP contribution in [0.4, 0.5) is 20.6 Å². The van der Waals surface area contributed by atoms with Crippen LogP contribution in [-0.2, 0) is 19.7 Å². The Kier molecular flexibility index (Phi) is 8.09. The van der Waals surface area contributed by atoms with Gasteiger partial charge < -0.3 is 30.6 Å². The van der Waals surface area contributed by atoms with Crippen molar-refractivity contribution in [3.63, 3.8) is 0 Å². The summed E-state index contributed by atoms with van der Waals surface area (Å²) in [7, 11) is 1.19. The largest absolute Gasteiger partial charge is 0.469 e. The Morgan fingerprint density at radius 1 is 1.16 bits per heavy atom. The summed E-state index contributed by atoms with van der Waals surface area (Å²) in [5.74, 6) is -2.51. The smallest absolute Gasteiger partial charge is 0.323 e. The quantitative estimate of drug-likeness (QED) is 0.322. The lowest BCUT2D eigenvalue weighted by Gasteiger charge is -2.42. The van der Waals surface area contributed by atoms with E-state index in [-0.39, 0.29) is 46.6 Å². The van der Waals surface area contributed by atoms with Gasteiger partial charge in [-0.25, -0.2) is 9.18 Å². The molecule has 1 aromatic heterocycles. The van der Waals surface area contributed by atoms with E-state index < -0.39 is 40.6 Å². The van der Waals surface area contributed by atoms with E-state index in [1.165, 1.54) is 25.0 Å². The van der Waals surface area contributed by atoms with Crippen LogP contribution in [0.2, 0.25) is 10.0 Å². The van der Waals surface area contributed by atoms with Crippen LogP contribution in [0, 0.1) is 5.82 Å². The van der Waals surface area contributed by atoms with Crippen molar-refractivity contribution in [3.8, 4) is 0 Å². The van der Waals surface area contributed by atoms with Gasteiger partial charge in [-0.3, -0.25) is 14.4 Å². The molecule has 3 rings (SSSR count). The molecular formula is C24H28Cl2FN5O5. The number of nitrogens with one attached hydrogen (secondary N) is 4. The summed E-state index contributed by atoms with van der Waals surface area (Å²) in [6.07, 6.45) is -0.360. The molecule has 4 N–H and O–H groups in total. The number of nitrogens with zero attached hydrogens (tertiary/aromatic N) is 1. The molecule has 0 bridgehead atoms. The minimum absolute atomic E-state index is 0.00843. The molecule has 1 aliphatic rings. The Bertz CT molecular complexity index is 1260. The van der Waals surface area contributed by atoms with Gasteiger partial charge in [-0.05, 0) is 25.1 Å². The lowest BCUT2D eigenvalue weighted by Crippen LogP contribution is -2.65. The number of rotatable bonds is 5. The Morgan fingerprint density at radius 2 is 1.81 bits per heavy atom. The predicted molar refractivity (Wildman–Crippen MR) is 138 cm³/mol. The average Bonchev–Trinajstić information content (AvgIpc) is 3.25. The first-order valence-corrected chi connectivity index (χ1v) is 12.1. The molecule has 0 radical (unpaired) electrons. The van der Waals surface area contributed by atoms with Crippen LogP contribution in [0.25, 0.3) is 0 Å². The van der Waals surface area contributed by atoms with Gasteiger partial charge >= 0.3 is 12.0 Å². The molecule has 1 saturated heterocycles. The maximum atomic E-state index is 13.8. The van der Waals surface area contributed by atoms with E-state index in [2.05, 4.69) is 20.9 Å². The fourth-order valence-electron chi connectivity index (χ4n) is 3.85. The van der Waals surface area contributed by atoms with Crippen LogP contribution < -0.4 is 16.0 Å². The first kappa shape index (κ1) is 28.3. The zero-order chi connectivity index (χ0) is 27.7. The Labute approximate surface area is 223 Å². The third-order valence-corrected chi connectivity index (χ3v) is 6.90. The topological polar surface area (TPSA) is 133 Å². The lowest BCUT2D eigenvalue weighted by molar-refractivity contribution is -0.149. The number of benzene rings is 1. The Balaban J connectivity index is 1.97. The highest BCUT2D eigenvalue weighted by molar-refractivity contribution is 6.44. The number of hydrogen-bond acceptors (Lipinski definition) is 5. The molecule has 1 atom stereocenters. The predicted octanol–water partition coefficient (Wildman–Crippen LogP) is 4.30. The van der Waals surface area contributed by atoms with E-state index in [1.807, 2.05) is 20.8 Å². The number of H-pyrrole nitrogens is 1. The maximum absolute atomic E-state index is 13.8. The fraction of sp³-hybridized carbons (Fsp3) is 0.417. The minimum atomic E-state index is -1.52. The SMILES string of the molecule is COC(=O)CC1(C)C(=O)NCCN1C(=O)c1[nH]c(C(C)(C)C)cc1NC(=O)Nc1ccc(F)c(Cl)c1Cl. The van der Waals surface area contributed by atoms with Crippen LogP contribution >= 0.6 is 23.2 Å². The summed E-state index contributed by atoms with van der Waals surface area (Å²) < 4.78 is 18.4. The van der Waals surface area contributed by atoms with Crippen molar-refractivity contribution in [2.45, 2.75) is 45.1 Å². The second kappa shape index (κ2) is 10.6. The monoisotopic (exact) mass is 555 g/mol. The van der Waals surface area contributed by atoms with E-state index in [0.717, 1.165) is 6.07 Å². The number of halogens is 3. The van der Waals surface area contributed by atoms with Gasteiger partial charge in [-0.1, -0.05) is 44.0 Å². The zero-order valence-corrected chi connectivity index (χ0v) is 22.5. The van der Waals surface area contributed by atoms with Crippen LogP contribution in [0.15, 0.2) is 18.2 Å². The average molecular weight is 556 g/mol. The number of amides is 4. The van der Waals surface area contributed by atoms with Crippen molar-refractivity contribution in [1.82, 2.24) is 15.2 Å². The molecule has 2 heterocycles. The summed E-state index contributed by atoms with van der Waals surface area (Å²) in [4.78, 5) is 55.8. The molecular weight excluding hydrogens is 528 g/mol. The molecule has 10 nitrogen and oxygen atoms in total. The number of aromatic amines is 1. The van der Waals surface area contributed by atoms with Crippen LogP contribution in [0.1, 0.15) is 50.3 Å². The highest BCUT2D eigenvalue weighted by Gasteiger charge is 2.47. The van der Waals surface area contributed by atoms with Gasteiger partial charge in [-0.15, -0.1) is 0 Å². The number of anilines is 2. The summed E-state index contributed by atoms with van der Waals surface area (Å²) in [5, 5.41) is 7.23. The third-order valence-electron chi connectivity index (χ3n) is 6.04. The first-order valence-electron chi connectivity index (χ1n) is 11.3. The minimum Gasteiger partial charge on any atom is -0.469 e. The molecule has 1 aliphatic heterocycles. The van der Waals surface area contributed by atoms with Gasteiger partial charge in [-0.2, -0.15) is 0 Å². The summed E-state index contributed by atoms with van der Waals surface area (Å²) in [6, 6.07) is 3.13. The van der Waals surface area contributed by atoms with Gasteiger partial charge in [0, 0.05) is 24.2 Å². The van der Waals surface area contributed by atoms with Crippen molar-refractivity contribution >= 4 is 58.4 Å². The normalized spacial score (nSPS) is 17.7. The molecule has 1 aromatic carbocycles. The Morgan fingerprint density at radius 3 is 2.43 bits per heavy atom. The van der Waals surface area contributed by atoms with Crippen molar-refractivity contribution in [1.29, 1.82) is 0 Å². The number of aromatic nitrogens is 1. The molecule has 13 heteroatoms. The molecule has 0 aliphatic carbocycles. The number of carbonyl (C=O) groups is 4. The van der Waals surface area contributed by atoms with Gasteiger partial charge in [0.25, 0.3) is 5.91 Å². The molecule has 0 spiro atoms. The van der Waals surface area contributed by atoms with Gasteiger partial charge in [0.1, 0.15) is 17.1 Å². The van der Waals surface area contributed by atoms with Crippen molar-refractivity contribution < 1.29 is 28.3 Å². The summed E-state index contributed by atoms with van der Waals surface area (Å²) >= 11 is 11.9. The molecule has 0 saturated carbocycles. The number of ether oxygens (including phenoxy) is 1. The zero-order valence-electron chi connectivity index (χ0n) is 21.0. The highest BCUT2D eigenvalue weighted by atomic mass is 35.5. The number of hydrogen-bond donors (Lipinski definition) is 4. The second-order valence-corrected chi connectivity index (χ2v) is 10.5. The number of piperazine rings is 1. The molecule has 4 amide bonds. The number of methoxy groups -OCH3 is 1. The van der Waals surface area contributed by atoms with Gasteiger partial charge in [0.15, 0.2) is 0 Å². The molecule has 37 heavy (non-hydrogen) atoms. The number of urea groups is 1. The summed E-state index contributed by atoms with van der Waals surface area (Å²) in [6.45, 7) is 7.51. The van der Waals surface area contributed by atoms with Gasteiger partial charge in [0.2, 0.25) is 5.91 Å².